The van der Waals surface area contributed by atoms with E-state index < -0.39 is 0 Å². The number of benzene rings is 1. The molecule has 2 heterocycles. The van der Waals surface area contributed by atoms with Crippen molar-refractivity contribution >= 4 is 0 Å². The van der Waals surface area contributed by atoms with E-state index in [0.29, 0.717) is 38.0 Å². The predicted molar refractivity (Wildman–Crippen MR) is 95.6 cm³/mol. The second-order valence-electron chi connectivity index (χ2n) is 5.75. The van der Waals surface area contributed by atoms with Crippen molar-refractivity contribution in [3.63, 3.8) is 0 Å². The first-order chi connectivity index (χ1) is 12.8. The van der Waals surface area contributed by atoms with Crippen LogP contribution in [0.5, 0.6) is 5.75 Å². The highest BCUT2D eigenvalue weighted by molar-refractivity contribution is 5.55. The van der Waals surface area contributed by atoms with E-state index in [1.54, 1.807) is 13.4 Å². The minimum absolute atomic E-state index is 0.522. The molecule has 0 N–H and O–H groups in total. The molecule has 26 heavy (non-hydrogen) atoms. The highest BCUT2D eigenvalue weighted by atomic mass is 16.5. The second-order valence-corrected chi connectivity index (χ2v) is 5.75. The first kappa shape index (κ1) is 18.2. The number of furan rings is 1. The van der Waals surface area contributed by atoms with Crippen molar-refractivity contribution in [1.82, 2.24) is 15.0 Å². The van der Waals surface area contributed by atoms with Gasteiger partial charge in [-0.05, 0) is 43.3 Å². The van der Waals surface area contributed by atoms with Crippen LogP contribution in [0.2, 0.25) is 0 Å². The maximum Gasteiger partial charge on any atom is 0.241 e. The molecule has 0 fully saturated rings. The van der Waals surface area contributed by atoms with Gasteiger partial charge in [-0.15, -0.1) is 0 Å². The van der Waals surface area contributed by atoms with Gasteiger partial charge < -0.3 is 18.4 Å². The quantitative estimate of drug-likeness (QED) is 0.551. The summed E-state index contributed by atoms with van der Waals surface area (Å²) in [5.41, 5.74) is 0.887. The Labute approximate surface area is 152 Å². The van der Waals surface area contributed by atoms with Gasteiger partial charge >= 0.3 is 0 Å². The molecule has 0 aliphatic carbocycles. The molecule has 0 aliphatic heterocycles. The third-order valence-electron chi connectivity index (χ3n) is 3.82. The molecule has 7 nitrogen and oxygen atoms in total. The van der Waals surface area contributed by atoms with Gasteiger partial charge in [0.1, 0.15) is 11.5 Å². The fraction of sp³-hybridized carbons (Fsp3) is 0.368. The average molecular weight is 357 g/mol. The highest BCUT2D eigenvalue weighted by Gasteiger charge is 2.14. The summed E-state index contributed by atoms with van der Waals surface area (Å²) < 4.78 is 21.5. The standard InChI is InChI=1S/C19H23N3O4/c1-3-24-16-8-6-15(7-9-16)19-20-18(26-21-19)14-22(10-12-23-2)13-17-5-4-11-25-17/h4-9,11H,3,10,12-14H2,1-2H3. The number of nitrogens with zero attached hydrogens (tertiary/aromatic N) is 3. The summed E-state index contributed by atoms with van der Waals surface area (Å²) in [5, 5.41) is 4.08. The minimum atomic E-state index is 0.522. The van der Waals surface area contributed by atoms with Crippen molar-refractivity contribution in [2.75, 3.05) is 26.9 Å². The Balaban J connectivity index is 1.66. The molecular formula is C19H23N3O4. The molecule has 3 rings (SSSR count). The van der Waals surface area contributed by atoms with Crippen molar-refractivity contribution in [1.29, 1.82) is 0 Å². The first-order valence-corrected chi connectivity index (χ1v) is 8.58. The smallest absolute Gasteiger partial charge is 0.241 e. The van der Waals surface area contributed by atoms with Gasteiger partial charge in [-0.25, -0.2) is 0 Å². The van der Waals surface area contributed by atoms with Crippen LogP contribution in [-0.4, -0.2) is 41.9 Å². The van der Waals surface area contributed by atoms with Crippen LogP contribution < -0.4 is 4.74 Å². The van der Waals surface area contributed by atoms with E-state index in [4.69, 9.17) is 18.4 Å². The molecule has 2 aromatic heterocycles. The van der Waals surface area contributed by atoms with Crippen molar-refractivity contribution in [3.05, 3.63) is 54.3 Å². The molecule has 0 bridgehead atoms. The van der Waals surface area contributed by atoms with Crippen LogP contribution in [-0.2, 0) is 17.8 Å². The fourth-order valence-corrected chi connectivity index (χ4v) is 2.55. The Morgan fingerprint density at radius 1 is 1.12 bits per heavy atom. The van der Waals surface area contributed by atoms with E-state index in [0.717, 1.165) is 23.6 Å². The predicted octanol–water partition coefficient (Wildman–Crippen LogP) is 3.38. The van der Waals surface area contributed by atoms with Gasteiger partial charge in [0, 0.05) is 19.2 Å². The van der Waals surface area contributed by atoms with Crippen LogP contribution >= 0.6 is 0 Å². The highest BCUT2D eigenvalue weighted by Crippen LogP contribution is 2.20. The number of hydrogen-bond donors (Lipinski definition) is 0. The van der Waals surface area contributed by atoms with E-state index in [2.05, 4.69) is 15.0 Å². The second kappa shape index (κ2) is 9.17. The normalized spacial score (nSPS) is 11.2. The van der Waals surface area contributed by atoms with Crippen molar-refractivity contribution in [2.45, 2.75) is 20.0 Å². The van der Waals surface area contributed by atoms with E-state index in [9.17, 15) is 0 Å². The van der Waals surface area contributed by atoms with Crippen molar-refractivity contribution in [2.24, 2.45) is 0 Å². The maximum absolute atomic E-state index is 5.45. The lowest BCUT2D eigenvalue weighted by atomic mass is 10.2. The lowest BCUT2D eigenvalue weighted by Gasteiger charge is -2.18. The number of hydrogen-bond acceptors (Lipinski definition) is 7. The molecule has 0 spiro atoms. The minimum Gasteiger partial charge on any atom is -0.494 e. The third kappa shape index (κ3) is 4.93. The number of aromatic nitrogens is 2. The molecular weight excluding hydrogens is 334 g/mol. The van der Waals surface area contributed by atoms with Gasteiger partial charge in [0.2, 0.25) is 11.7 Å². The summed E-state index contributed by atoms with van der Waals surface area (Å²) in [6, 6.07) is 11.5. The molecule has 0 radical (unpaired) electrons. The Hall–Kier alpha value is -2.64. The zero-order valence-electron chi connectivity index (χ0n) is 15.1. The number of rotatable bonds is 10. The van der Waals surface area contributed by atoms with Crippen molar-refractivity contribution < 1.29 is 18.4 Å². The topological polar surface area (TPSA) is 73.8 Å². The molecule has 0 saturated heterocycles. The summed E-state index contributed by atoms with van der Waals surface area (Å²) in [7, 11) is 1.68. The van der Waals surface area contributed by atoms with E-state index in [-0.39, 0.29) is 0 Å². The molecule has 0 amide bonds. The molecule has 0 unspecified atom stereocenters. The fourth-order valence-electron chi connectivity index (χ4n) is 2.55. The Morgan fingerprint density at radius 3 is 2.65 bits per heavy atom. The van der Waals surface area contributed by atoms with Gasteiger partial charge in [0.25, 0.3) is 0 Å². The SMILES string of the molecule is CCOc1ccc(-c2noc(CN(CCOC)Cc3ccco3)n2)cc1. The Kier molecular flexibility index (Phi) is 6.40. The summed E-state index contributed by atoms with van der Waals surface area (Å²) in [5.74, 6) is 2.82. The summed E-state index contributed by atoms with van der Waals surface area (Å²) in [6.07, 6.45) is 1.67. The zero-order valence-corrected chi connectivity index (χ0v) is 15.1. The van der Waals surface area contributed by atoms with Crippen LogP contribution in [0, 0.1) is 0 Å². The van der Waals surface area contributed by atoms with Crippen LogP contribution in [0.3, 0.4) is 0 Å². The first-order valence-electron chi connectivity index (χ1n) is 8.58. The maximum atomic E-state index is 5.45. The lowest BCUT2D eigenvalue weighted by Crippen LogP contribution is -2.26. The third-order valence-corrected chi connectivity index (χ3v) is 3.82. The molecule has 138 valence electrons. The van der Waals surface area contributed by atoms with Gasteiger partial charge in [-0.3, -0.25) is 4.90 Å². The van der Waals surface area contributed by atoms with Crippen LogP contribution in [0.1, 0.15) is 18.6 Å². The van der Waals surface area contributed by atoms with Gasteiger partial charge in [-0.1, -0.05) is 5.16 Å². The summed E-state index contributed by atoms with van der Waals surface area (Å²) >= 11 is 0. The largest absolute Gasteiger partial charge is 0.494 e. The Morgan fingerprint density at radius 2 is 1.96 bits per heavy atom. The zero-order chi connectivity index (χ0) is 18.2. The van der Waals surface area contributed by atoms with Gasteiger partial charge in [0.15, 0.2) is 0 Å². The van der Waals surface area contributed by atoms with E-state index in [1.807, 2.05) is 43.3 Å². The molecule has 3 aromatic rings. The molecule has 0 atom stereocenters. The van der Waals surface area contributed by atoms with Gasteiger partial charge in [-0.2, -0.15) is 4.98 Å². The van der Waals surface area contributed by atoms with Crippen LogP contribution in [0.4, 0.5) is 0 Å². The van der Waals surface area contributed by atoms with Crippen LogP contribution in [0.25, 0.3) is 11.4 Å². The molecule has 7 heteroatoms. The Bertz CT molecular complexity index is 768. The van der Waals surface area contributed by atoms with Crippen molar-refractivity contribution in [3.8, 4) is 17.1 Å². The molecule has 1 aromatic carbocycles. The summed E-state index contributed by atoms with van der Waals surface area (Å²) in [6.45, 7) is 5.11. The number of ether oxygens (including phenoxy) is 2. The average Bonchev–Trinajstić information content (AvgIpc) is 3.33. The van der Waals surface area contributed by atoms with E-state index >= 15 is 0 Å². The van der Waals surface area contributed by atoms with Gasteiger partial charge in [0.05, 0.1) is 32.6 Å². The lowest BCUT2D eigenvalue weighted by molar-refractivity contribution is 0.126. The molecule has 0 aliphatic rings. The molecule has 0 saturated carbocycles. The number of methoxy groups -OCH3 is 1. The van der Waals surface area contributed by atoms with Crippen LogP contribution in [0.15, 0.2) is 51.6 Å². The van der Waals surface area contributed by atoms with E-state index in [1.165, 1.54) is 0 Å². The summed E-state index contributed by atoms with van der Waals surface area (Å²) in [4.78, 5) is 6.64. The monoisotopic (exact) mass is 357 g/mol.